The summed E-state index contributed by atoms with van der Waals surface area (Å²) in [7, 11) is -2.72. The van der Waals surface area contributed by atoms with Crippen LogP contribution in [0.1, 0.15) is 0 Å². The fourth-order valence-corrected chi connectivity index (χ4v) is 1.53. The highest BCUT2D eigenvalue weighted by molar-refractivity contribution is 7.90. The lowest BCUT2D eigenvalue weighted by Crippen LogP contribution is -2.10. The van der Waals surface area contributed by atoms with E-state index in [-0.39, 0.29) is 6.04 Å². The topological polar surface area (TPSA) is 56.1 Å². The van der Waals surface area contributed by atoms with Gasteiger partial charge in [0.25, 0.3) is 0 Å². The van der Waals surface area contributed by atoms with E-state index in [2.05, 4.69) is 5.32 Å². The molecule has 3 nitrogen and oxygen atoms in total. The van der Waals surface area contributed by atoms with E-state index in [1.54, 1.807) is 0 Å². The number of hydrogen-bond acceptors (Lipinski definition) is 3. The molecule has 0 aromatic heterocycles. The largest absolute Gasteiger partial charge is 0.310 e. The van der Waals surface area contributed by atoms with Crippen LogP contribution >= 0.6 is 0 Å². The van der Waals surface area contributed by atoms with Gasteiger partial charge < -0.3 is 5.32 Å². The molecule has 1 N–H and O–H groups in total. The Labute approximate surface area is 49.0 Å². The van der Waals surface area contributed by atoms with E-state index in [0.717, 1.165) is 6.54 Å². The van der Waals surface area contributed by atoms with Gasteiger partial charge in [0.2, 0.25) is 0 Å². The Hall–Kier alpha value is -0.0900. The molecule has 48 valence electrons. The van der Waals surface area contributed by atoms with Crippen LogP contribution in [0.5, 0.6) is 0 Å². The zero-order valence-corrected chi connectivity index (χ0v) is 5.53. The minimum absolute atomic E-state index is 0.255. The lowest BCUT2D eigenvalue weighted by atomic mass is 10.6. The molecule has 0 amide bonds. The number of rotatable bonds is 2. The summed E-state index contributed by atoms with van der Waals surface area (Å²) >= 11 is 0. The molecule has 0 aliphatic carbocycles. The second-order valence-corrected chi connectivity index (χ2v) is 4.38. The molecule has 1 rings (SSSR count). The van der Waals surface area contributed by atoms with Gasteiger partial charge in [0.05, 0.1) is 5.75 Å². The average Bonchev–Trinajstić information content (AvgIpc) is 2.12. The van der Waals surface area contributed by atoms with Gasteiger partial charge in [0.15, 0.2) is 0 Å². The molecule has 0 radical (unpaired) electrons. The van der Waals surface area contributed by atoms with Crippen LogP contribution in [0.4, 0.5) is 0 Å². The summed E-state index contributed by atoms with van der Waals surface area (Å²) in [6, 6.07) is 0.255. The highest BCUT2D eigenvalue weighted by Gasteiger charge is 2.24. The molecule has 0 spiro atoms. The summed E-state index contributed by atoms with van der Waals surface area (Å²) in [5, 5.41) is 2.91. The van der Waals surface area contributed by atoms with Crippen LogP contribution in [0.15, 0.2) is 0 Å². The molecule has 1 atom stereocenters. The van der Waals surface area contributed by atoms with Crippen LogP contribution in [0.2, 0.25) is 0 Å². The third-order valence-corrected chi connectivity index (χ3v) is 2.00. The maximum atomic E-state index is 10.4. The van der Waals surface area contributed by atoms with Crippen LogP contribution in [0.25, 0.3) is 0 Å². The van der Waals surface area contributed by atoms with E-state index >= 15 is 0 Å². The van der Waals surface area contributed by atoms with Crippen LogP contribution in [0, 0.1) is 0 Å². The lowest BCUT2D eigenvalue weighted by molar-refractivity contribution is 0.601. The molecule has 1 aliphatic rings. The minimum atomic E-state index is -2.72. The van der Waals surface area contributed by atoms with Crippen molar-refractivity contribution in [2.45, 2.75) is 6.04 Å². The normalized spacial score (nSPS) is 27.9. The molecule has 4 heteroatoms. The smallest absolute Gasteiger partial charge is 0.149 e. The zero-order valence-electron chi connectivity index (χ0n) is 4.72. The van der Waals surface area contributed by atoms with Gasteiger partial charge >= 0.3 is 0 Å². The molecule has 0 bridgehead atoms. The summed E-state index contributed by atoms with van der Waals surface area (Å²) in [6.45, 7) is 0.868. The first-order chi connectivity index (χ1) is 3.58. The maximum absolute atomic E-state index is 10.4. The van der Waals surface area contributed by atoms with E-state index in [1.807, 2.05) is 0 Å². The van der Waals surface area contributed by atoms with Gasteiger partial charge in [-0.15, -0.1) is 0 Å². The molecular weight excluding hydrogens is 126 g/mol. The fraction of sp³-hybridized carbons (Fsp3) is 1.00. The van der Waals surface area contributed by atoms with Gasteiger partial charge in [-0.05, 0) is 0 Å². The highest BCUT2D eigenvalue weighted by atomic mass is 32.2. The summed E-state index contributed by atoms with van der Waals surface area (Å²) in [5.74, 6) is 0.299. The standard InChI is InChI=1S/C4H9NO2S/c1-8(6,7)3-4-2-5-4/h4-5H,2-3H2,1H3/t4-/m1/s1. The second kappa shape index (κ2) is 1.70. The molecule has 0 saturated carbocycles. The first-order valence-corrected chi connectivity index (χ1v) is 4.55. The van der Waals surface area contributed by atoms with Gasteiger partial charge in [-0.2, -0.15) is 0 Å². The molecule has 0 unspecified atom stereocenters. The van der Waals surface area contributed by atoms with E-state index in [0.29, 0.717) is 5.75 Å². The van der Waals surface area contributed by atoms with Crippen LogP contribution in [0.3, 0.4) is 0 Å². The molecule has 8 heavy (non-hydrogen) atoms. The van der Waals surface area contributed by atoms with Crippen molar-refractivity contribution in [1.29, 1.82) is 0 Å². The monoisotopic (exact) mass is 135 g/mol. The Kier molecular flexibility index (Phi) is 1.28. The van der Waals surface area contributed by atoms with Gasteiger partial charge in [-0.25, -0.2) is 8.42 Å². The van der Waals surface area contributed by atoms with Crippen molar-refractivity contribution < 1.29 is 8.42 Å². The van der Waals surface area contributed by atoms with E-state index < -0.39 is 9.84 Å². The van der Waals surface area contributed by atoms with Gasteiger partial charge in [0.1, 0.15) is 9.84 Å². The third kappa shape index (κ3) is 2.28. The van der Waals surface area contributed by atoms with Crippen molar-refractivity contribution in [3.63, 3.8) is 0 Å². The number of nitrogens with one attached hydrogen (secondary N) is 1. The Balaban J connectivity index is 2.38. The molecule has 0 aromatic rings. The Bertz CT molecular complexity index is 168. The predicted molar refractivity (Wildman–Crippen MR) is 31.5 cm³/mol. The SMILES string of the molecule is CS(=O)(=O)C[C@H]1CN1. The molecule has 1 aliphatic heterocycles. The molecule has 1 fully saturated rings. The average molecular weight is 135 g/mol. The van der Waals surface area contributed by atoms with Crippen molar-refractivity contribution in [3.8, 4) is 0 Å². The Morgan fingerprint density at radius 2 is 2.25 bits per heavy atom. The van der Waals surface area contributed by atoms with E-state index in [1.165, 1.54) is 6.26 Å². The first kappa shape index (κ1) is 6.04. The van der Waals surface area contributed by atoms with Crippen molar-refractivity contribution in [3.05, 3.63) is 0 Å². The second-order valence-electron chi connectivity index (χ2n) is 2.20. The van der Waals surface area contributed by atoms with E-state index in [9.17, 15) is 8.42 Å². The predicted octanol–water partition coefficient (Wildman–Crippen LogP) is -0.997. The van der Waals surface area contributed by atoms with Crippen LogP contribution in [-0.2, 0) is 9.84 Å². The van der Waals surface area contributed by atoms with Crippen molar-refractivity contribution in [2.24, 2.45) is 0 Å². The summed E-state index contributed by atoms with van der Waals surface area (Å²) in [6.07, 6.45) is 1.26. The van der Waals surface area contributed by atoms with Crippen LogP contribution < -0.4 is 5.32 Å². The quantitative estimate of drug-likeness (QED) is 0.494. The minimum Gasteiger partial charge on any atom is -0.310 e. The summed E-state index contributed by atoms with van der Waals surface area (Å²) in [4.78, 5) is 0. The highest BCUT2D eigenvalue weighted by Crippen LogP contribution is 1.99. The van der Waals surface area contributed by atoms with E-state index in [4.69, 9.17) is 0 Å². The fourth-order valence-electron chi connectivity index (χ4n) is 0.567. The van der Waals surface area contributed by atoms with Gasteiger partial charge in [-0.1, -0.05) is 0 Å². The Morgan fingerprint density at radius 1 is 1.75 bits per heavy atom. The molecule has 1 saturated heterocycles. The molecular formula is C4H9NO2S. The van der Waals surface area contributed by atoms with Crippen LogP contribution in [-0.4, -0.2) is 33.0 Å². The van der Waals surface area contributed by atoms with Crippen molar-refractivity contribution in [1.82, 2.24) is 5.32 Å². The third-order valence-electron chi connectivity index (χ3n) is 0.997. The Morgan fingerprint density at radius 3 is 2.38 bits per heavy atom. The molecule has 1 heterocycles. The number of sulfone groups is 1. The lowest BCUT2D eigenvalue weighted by Gasteiger charge is -1.88. The molecule has 0 aromatic carbocycles. The number of hydrogen-bond donors (Lipinski definition) is 1. The van der Waals surface area contributed by atoms with Gasteiger partial charge in [-0.3, -0.25) is 0 Å². The summed E-state index contributed by atoms with van der Waals surface area (Å²) < 4.78 is 20.9. The summed E-state index contributed by atoms with van der Waals surface area (Å²) in [5.41, 5.74) is 0. The van der Waals surface area contributed by atoms with Crippen molar-refractivity contribution >= 4 is 9.84 Å². The maximum Gasteiger partial charge on any atom is 0.149 e. The van der Waals surface area contributed by atoms with Gasteiger partial charge in [0, 0.05) is 18.8 Å². The van der Waals surface area contributed by atoms with Crippen molar-refractivity contribution in [2.75, 3.05) is 18.6 Å². The first-order valence-electron chi connectivity index (χ1n) is 2.49. The zero-order chi connectivity index (χ0) is 6.20.